The molecule has 15 rings (SSSR count). The van der Waals surface area contributed by atoms with Crippen molar-refractivity contribution in [2.75, 3.05) is 14.7 Å². The van der Waals surface area contributed by atoms with E-state index in [1.807, 2.05) is 0 Å². The molecule has 0 N–H and O–H groups in total. The summed E-state index contributed by atoms with van der Waals surface area (Å²) in [6.07, 6.45) is 0. The van der Waals surface area contributed by atoms with Gasteiger partial charge in [-0.15, -0.1) is 0 Å². The Labute approximate surface area is 672 Å². The van der Waals surface area contributed by atoms with E-state index in [0.29, 0.717) is 0 Å². The lowest BCUT2D eigenvalue weighted by atomic mass is 9.33. The molecule has 2 aromatic heterocycles. The van der Waals surface area contributed by atoms with Gasteiger partial charge < -0.3 is 23.8 Å². The molecule has 6 heteroatoms. The van der Waals surface area contributed by atoms with E-state index < -0.39 is 0 Å². The lowest BCUT2D eigenvalue weighted by molar-refractivity contribution is 0.568. The number of hydrogen-bond donors (Lipinski definition) is 0. The molecule has 0 unspecified atom stereocenters. The van der Waals surface area contributed by atoms with Crippen molar-refractivity contribution in [3.8, 4) is 11.4 Å². The molecule has 2 aliphatic heterocycles. The average molecular weight is 1480 g/mol. The van der Waals surface area contributed by atoms with E-state index in [1.54, 1.807) is 0 Å². The van der Waals surface area contributed by atoms with Gasteiger partial charge in [-0.1, -0.05) is 281 Å². The third-order valence-electron chi connectivity index (χ3n) is 24.6. The Bertz CT molecular complexity index is 5350. The van der Waals surface area contributed by atoms with E-state index in [0.717, 1.165) is 62.6 Å². The summed E-state index contributed by atoms with van der Waals surface area (Å²) >= 11 is 0. The van der Waals surface area contributed by atoms with Crippen LogP contribution in [0.2, 0.25) is 0 Å². The first-order valence-electron chi connectivity index (χ1n) is 41.4. The minimum absolute atomic E-state index is 0.0524. The van der Waals surface area contributed by atoms with Crippen LogP contribution in [0.3, 0.4) is 0 Å². The number of aromatic nitrogens is 2. The highest BCUT2D eigenvalue weighted by Gasteiger charge is 2.46. The Balaban J connectivity index is 1.14. The van der Waals surface area contributed by atoms with E-state index >= 15 is 0 Å². The lowest BCUT2D eigenvalue weighted by Gasteiger charge is -2.46. The second-order valence-corrected chi connectivity index (χ2v) is 43.6. The Morgan fingerprint density at radius 2 is 0.455 bits per heavy atom. The molecule has 0 spiro atoms. The summed E-state index contributed by atoms with van der Waals surface area (Å²) in [4.78, 5) is 7.99. The predicted octanol–water partition coefficient (Wildman–Crippen LogP) is 28.4. The third-order valence-corrected chi connectivity index (χ3v) is 24.6. The van der Waals surface area contributed by atoms with Crippen LogP contribution >= 0.6 is 0 Å². The summed E-state index contributed by atoms with van der Waals surface area (Å²) in [5.41, 5.74) is 33.0. The van der Waals surface area contributed by atoms with Gasteiger partial charge in [-0.25, -0.2) is 0 Å². The van der Waals surface area contributed by atoms with E-state index in [9.17, 15) is 0 Å². The second kappa shape index (κ2) is 26.0. The average Bonchev–Trinajstić information content (AvgIpc) is 0.693. The maximum absolute atomic E-state index is 2.72. The van der Waals surface area contributed by atoms with Crippen LogP contribution in [0.15, 0.2) is 206 Å². The van der Waals surface area contributed by atoms with Crippen molar-refractivity contribution in [2.45, 2.75) is 262 Å². The fraction of sp³-hybridized carbons (Fsp3) is 0.377. The normalized spacial score (nSPS) is 14.1. The van der Waals surface area contributed by atoms with Crippen LogP contribution in [0.4, 0.5) is 51.2 Å². The highest BCUT2D eigenvalue weighted by Crippen LogP contribution is 2.53. The van der Waals surface area contributed by atoms with Gasteiger partial charge in [-0.05, 0) is 260 Å². The Morgan fingerprint density at radius 3 is 0.705 bits per heavy atom. The topological polar surface area (TPSA) is 19.6 Å². The molecule has 0 saturated carbocycles. The molecular weight excluding hydrogens is 1350 g/mol. The van der Waals surface area contributed by atoms with Gasteiger partial charge in [0.05, 0.1) is 27.8 Å². The molecule has 11 aromatic carbocycles. The van der Waals surface area contributed by atoms with E-state index in [1.165, 1.54) is 116 Å². The van der Waals surface area contributed by atoms with Crippen molar-refractivity contribution in [2.24, 2.45) is 0 Å². The first kappa shape index (κ1) is 77.8. The van der Waals surface area contributed by atoms with Crippen molar-refractivity contribution in [3.63, 3.8) is 0 Å². The van der Waals surface area contributed by atoms with Gasteiger partial charge in [0.2, 0.25) is 0 Å². The van der Waals surface area contributed by atoms with Crippen molar-refractivity contribution in [1.82, 2.24) is 9.13 Å². The second-order valence-electron chi connectivity index (χ2n) is 43.6. The van der Waals surface area contributed by atoms with Crippen LogP contribution in [0.5, 0.6) is 0 Å². The van der Waals surface area contributed by atoms with Crippen LogP contribution < -0.4 is 31.1 Å². The Morgan fingerprint density at radius 1 is 0.205 bits per heavy atom. The third kappa shape index (κ3) is 13.8. The van der Waals surface area contributed by atoms with Gasteiger partial charge >= 0.3 is 0 Å². The highest BCUT2D eigenvalue weighted by atomic mass is 15.2. The molecule has 0 saturated heterocycles. The summed E-state index contributed by atoms with van der Waals surface area (Å²) < 4.78 is 5.16. The molecule has 5 nitrogen and oxygen atoms in total. The van der Waals surface area contributed by atoms with E-state index in [2.05, 4.69) is 438 Å². The Kier molecular flexibility index (Phi) is 18.1. The van der Waals surface area contributed by atoms with Crippen molar-refractivity contribution < 1.29 is 0 Å². The van der Waals surface area contributed by atoms with Gasteiger partial charge in [-0.3, -0.25) is 0 Å². The molecule has 0 bridgehead atoms. The lowest BCUT2D eigenvalue weighted by Crippen LogP contribution is -2.61. The summed E-state index contributed by atoms with van der Waals surface area (Å²) in [6, 6.07) is 83.4. The van der Waals surface area contributed by atoms with Gasteiger partial charge in [0.25, 0.3) is 6.71 Å². The number of anilines is 9. The zero-order chi connectivity index (χ0) is 81.0. The first-order valence-corrected chi connectivity index (χ1v) is 41.4. The molecule has 2 aliphatic rings. The predicted molar refractivity (Wildman–Crippen MR) is 491 cm³/mol. The van der Waals surface area contributed by atoms with Crippen molar-refractivity contribution in [3.05, 3.63) is 262 Å². The molecule has 13 aromatic rings. The molecule has 0 radical (unpaired) electrons. The maximum atomic E-state index is 2.72. The molecule has 0 fully saturated rings. The zero-order valence-corrected chi connectivity index (χ0v) is 73.4. The zero-order valence-electron chi connectivity index (χ0n) is 73.4. The largest absolute Gasteiger partial charge is 0.311 e. The smallest absolute Gasteiger partial charge is 0.252 e. The van der Waals surface area contributed by atoms with Crippen molar-refractivity contribution >= 4 is 118 Å². The van der Waals surface area contributed by atoms with Gasteiger partial charge in [0.15, 0.2) is 0 Å². The fourth-order valence-electron chi connectivity index (χ4n) is 17.3. The number of hydrogen-bond acceptors (Lipinski definition) is 3. The van der Waals surface area contributed by atoms with Gasteiger partial charge in [-0.2, -0.15) is 0 Å². The van der Waals surface area contributed by atoms with Crippen LogP contribution in [0.1, 0.15) is 263 Å². The number of fused-ring (bicyclic) bond motifs is 10. The molecule has 112 heavy (non-hydrogen) atoms. The summed E-state index contributed by atoms with van der Waals surface area (Å²) in [7, 11) is 0. The first-order chi connectivity index (χ1) is 51.8. The summed E-state index contributed by atoms with van der Waals surface area (Å²) in [5.74, 6) is 0. The molecule has 0 aliphatic carbocycles. The fourth-order valence-corrected chi connectivity index (χ4v) is 17.3. The van der Waals surface area contributed by atoms with Crippen LogP contribution in [-0.2, 0) is 54.1 Å². The van der Waals surface area contributed by atoms with Gasteiger partial charge in [0.1, 0.15) is 0 Å². The monoisotopic (exact) mass is 1480 g/mol. The molecule has 0 atom stereocenters. The molecular formula is C106H124BN5. The minimum Gasteiger partial charge on any atom is -0.311 e. The van der Waals surface area contributed by atoms with Crippen LogP contribution in [0.25, 0.3) is 55.0 Å². The van der Waals surface area contributed by atoms with Crippen LogP contribution in [-0.4, -0.2) is 15.8 Å². The highest BCUT2D eigenvalue weighted by molar-refractivity contribution is 7.00. The van der Waals surface area contributed by atoms with Gasteiger partial charge in [0, 0.05) is 78.4 Å². The number of nitrogens with zero attached hydrogens (tertiary/aromatic N) is 5. The maximum Gasteiger partial charge on any atom is 0.252 e. The van der Waals surface area contributed by atoms with E-state index in [4.69, 9.17) is 0 Å². The number of rotatable bonds is 7. The molecule has 0 amide bonds. The molecule has 576 valence electrons. The van der Waals surface area contributed by atoms with Crippen LogP contribution in [0, 0.1) is 0 Å². The molecule has 4 heterocycles. The number of benzene rings is 11. The summed E-state index contributed by atoms with van der Waals surface area (Å²) in [6.45, 7) is 70.5. The van der Waals surface area contributed by atoms with Crippen molar-refractivity contribution in [1.29, 1.82) is 0 Å². The quantitative estimate of drug-likeness (QED) is 0.148. The minimum atomic E-state index is -0.227. The van der Waals surface area contributed by atoms with E-state index in [-0.39, 0.29) is 60.9 Å². The standard InChI is InChI=1S/C106H124BN5/c1-97(2,3)65-31-39-75(40-32-65)108(76-41-33-66(34-42-76)98(4,5)6)81-63-94-96-95(64-81)112(80-55-73(105(25,26)27)52-74(56-80)106(28,29)30)93-62-78(110-90-49-37-69(101(13,14)15)59-84(90)85-60-70(102(16,17)18)38-50-91(85)110)44-46-87(93)107(96)86-45-43-77(61-92(86)111(94)79-53-71(103(19,20)21)51-72(54-79)104(22,23)24)109-88-47-35-67(99(7,8)9)57-82(88)83-58-68(100(10,11)12)36-48-89(83)109/h31-64H,1-30H3. The summed E-state index contributed by atoms with van der Waals surface area (Å²) in [5, 5.41) is 5.10. The Hall–Kier alpha value is -9.52. The SMILES string of the molecule is CC(C)(C)c1ccc(N(c2ccc(C(C)(C)C)cc2)c2cc3c4c(c2)N(c2cc(C(C)(C)C)cc(C(C)(C)C)c2)c2cc(-n5c6ccc(C(C)(C)C)cc6c6cc(C(C)(C)C)ccc65)ccc2B4c2ccc(-n4c5ccc(C(C)(C)C)cc5c5cc(C(C)(C)C)ccc54)cc2N3c2cc(C(C)(C)C)cc(C(C)(C)C)c2)cc1.